The van der Waals surface area contributed by atoms with E-state index in [9.17, 15) is 13.2 Å². The Hall–Kier alpha value is -1.07. The highest BCUT2D eigenvalue weighted by molar-refractivity contribution is 5.28. The van der Waals surface area contributed by atoms with Crippen LogP contribution in [0.4, 0.5) is 13.2 Å². The molecule has 0 amide bonds. The molecular weight excluding hydrogens is 231 g/mol. The van der Waals surface area contributed by atoms with Crippen LogP contribution < -0.4 is 5.73 Å². The van der Waals surface area contributed by atoms with Gasteiger partial charge in [-0.2, -0.15) is 13.2 Å². The Morgan fingerprint density at radius 2 is 2.00 bits per heavy atom. The van der Waals surface area contributed by atoms with Gasteiger partial charge in [-0.25, -0.2) is 0 Å². The van der Waals surface area contributed by atoms with Crippen molar-refractivity contribution in [3.05, 3.63) is 35.4 Å². The maximum atomic E-state index is 12.5. The zero-order valence-electron chi connectivity index (χ0n) is 9.79. The molecule has 0 fully saturated rings. The summed E-state index contributed by atoms with van der Waals surface area (Å²) in [6, 6.07) is 4.72. The SMILES string of the molecule is CCOC(c1cccc(C(F)(F)F)c1)C(C)N. The first kappa shape index (κ1) is 14.0. The highest BCUT2D eigenvalue weighted by Crippen LogP contribution is 2.31. The first-order chi connectivity index (χ1) is 7.86. The van der Waals surface area contributed by atoms with Crippen molar-refractivity contribution in [1.29, 1.82) is 0 Å². The van der Waals surface area contributed by atoms with Crippen molar-refractivity contribution >= 4 is 0 Å². The average Bonchev–Trinajstić information content (AvgIpc) is 2.24. The molecule has 0 bridgehead atoms. The molecule has 0 aliphatic heterocycles. The smallest absolute Gasteiger partial charge is 0.372 e. The van der Waals surface area contributed by atoms with Gasteiger partial charge >= 0.3 is 6.18 Å². The second-order valence-electron chi connectivity index (χ2n) is 3.86. The van der Waals surface area contributed by atoms with Gasteiger partial charge in [-0.15, -0.1) is 0 Å². The van der Waals surface area contributed by atoms with Gasteiger partial charge in [0.25, 0.3) is 0 Å². The molecule has 0 radical (unpaired) electrons. The fourth-order valence-corrected chi connectivity index (χ4v) is 1.62. The van der Waals surface area contributed by atoms with E-state index in [1.54, 1.807) is 19.9 Å². The van der Waals surface area contributed by atoms with Gasteiger partial charge in [-0.05, 0) is 31.5 Å². The number of rotatable bonds is 4. The summed E-state index contributed by atoms with van der Waals surface area (Å²) in [5.74, 6) is 0. The first-order valence-corrected chi connectivity index (χ1v) is 5.40. The third-order valence-electron chi connectivity index (χ3n) is 2.37. The Bertz CT molecular complexity index is 363. The topological polar surface area (TPSA) is 35.2 Å². The number of nitrogens with two attached hydrogens (primary N) is 1. The van der Waals surface area contributed by atoms with Crippen LogP contribution in [0, 0.1) is 0 Å². The summed E-state index contributed by atoms with van der Waals surface area (Å²) in [6.45, 7) is 3.89. The monoisotopic (exact) mass is 247 g/mol. The summed E-state index contributed by atoms with van der Waals surface area (Å²) in [5.41, 5.74) is 5.48. The highest BCUT2D eigenvalue weighted by Gasteiger charge is 2.31. The van der Waals surface area contributed by atoms with Crippen molar-refractivity contribution in [2.75, 3.05) is 6.61 Å². The number of halogens is 3. The molecule has 0 aromatic heterocycles. The van der Waals surface area contributed by atoms with Gasteiger partial charge in [-0.3, -0.25) is 0 Å². The molecule has 2 N–H and O–H groups in total. The summed E-state index contributed by atoms with van der Waals surface area (Å²) in [4.78, 5) is 0. The third kappa shape index (κ3) is 3.71. The van der Waals surface area contributed by atoms with Crippen LogP contribution in [0.25, 0.3) is 0 Å². The number of hydrogen-bond acceptors (Lipinski definition) is 2. The zero-order valence-corrected chi connectivity index (χ0v) is 9.79. The van der Waals surface area contributed by atoms with E-state index < -0.39 is 17.8 Å². The Balaban J connectivity index is 3.04. The van der Waals surface area contributed by atoms with E-state index in [1.165, 1.54) is 6.07 Å². The van der Waals surface area contributed by atoms with Gasteiger partial charge in [-0.1, -0.05) is 12.1 Å². The fraction of sp³-hybridized carbons (Fsp3) is 0.500. The molecule has 0 heterocycles. The summed E-state index contributed by atoms with van der Waals surface area (Å²) >= 11 is 0. The predicted molar refractivity (Wildman–Crippen MR) is 59.5 cm³/mol. The Morgan fingerprint density at radius 3 is 2.47 bits per heavy atom. The van der Waals surface area contributed by atoms with Crippen molar-refractivity contribution < 1.29 is 17.9 Å². The lowest BCUT2D eigenvalue weighted by atomic mass is 10.0. The maximum Gasteiger partial charge on any atom is 0.416 e. The molecule has 0 aliphatic rings. The van der Waals surface area contributed by atoms with Crippen molar-refractivity contribution in [1.82, 2.24) is 0 Å². The minimum atomic E-state index is -4.34. The third-order valence-corrected chi connectivity index (χ3v) is 2.37. The summed E-state index contributed by atoms with van der Waals surface area (Å²) in [7, 11) is 0. The molecule has 0 aliphatic carbocycles. The molecule has 0 spiro atoms. The average molecular weight is 247 g/mol. The molecule has 96 valence electrons. The van der Waals surface area contributed by atoms with E-state index in [2.05, 4.69) is 0 Å². The van der Waals surface area contributed by atoms with E-state index in [-0.39, 0.29) is 6.04 Å². The van der Waals surface area contributed by atoms with Gasteiger partial charge in [0.15, 0.2) is 0 Å². The van der Waals surface area contributed by atoms with E-state index in [0.717, 1.165) is 12.1 Å². The Labute approximate surface area is 98.6 Å². The lowest BCUT2D eigenvalue weighted by Gasteiger charge is -2.22. The van der Waals surface area contributed by atoms with Crippen LogP contribution in [0.15, 0.2) is 24.3 Å². The Morgan fingerprint density at radius 1 is 1.35 bits per heavy atom. The van der Waals surface area contributed by atoms with Gasteiger partial charge < -0.3 is 10.5 Å². The molecule has 0 saturated heterocycles. The van der Waals surface area contributed by atoms with Crippen molar-refractivity contribution in [2.24, 2.45) is 5.73 Å². The minimum Gasteiger partial charge on any atom is -0.372 e. The van der Waals surface area contributed by atoms with E-state index in [4.69, 9.17) is 10.5 Å². The molecule has 17 heavy (non-hydrogen) atoms. The normalized spacial score (nSPS) is 15.6. The molecule has 2 atom stereocenters. The summed E-state index contributed by atoms with van der Waals surface area (Å²) < 4.78 is 43.0. The largest absolute Gasteiger partial charge is 0.416 e. The summed E-state index contributed by atoms with van der Waals surface area (Å²) in [5, 5.41) is 0. The van der Waals surface area contributed by atoms with Crippen LogP contribution in [0.5, 0.6) is 0 Å². The number of hydrogen-bond donors (Lipinski definition) is 1. The molecule has 5 heteroatoms. The molecule has 1 rings (SSSR count). The lowest BCUT2D eigenvalue weighted by molar-refractivity contribution is -0.137. The molecule has 1 aromatic carbocycles. The molecule has 1 aromatic rings. The first-order valence-electron chi connectivity index (χ1n) is 5.40. The van der Waals surface area contributed by atoms with Crippen LogP contribution in [0.1, 0.15) is 31.1 Å². The van der Waals surface area contributed by atoms with Crippen molar-refractivity contribution in [3.8, 4) is 0 Å². The zero-order chi connectivity index (χ0) is 13.1. The molecule has 0 saturated carbocycles. The minimum absolute atomic E-state index is 0.363. The van der Waals surface area contributed by atoms with E-state index in [0.29, 0.717) is 12.2 Å². The van der Waals surface area contributed by atoms with Crippen LogP contribution in [0.3, 0.4) is 0 Å². The predicted octanol–water partition coefficient (Wildman–Crippen LogP) is 3.13. The maximum absolute atomic E-state index is 12.5. The lowest BCUT2D eigenvalue weighted by Crippen LogP contribution is -2.27. The molecule has 2 nitrogen and oxygen atoms in total. The quantitative estimate of drug-likeness (QED) is 0.887. The Kier molecular flexibility index (Phi) is 4.54. The van der Waals surface area contributed by atoms with E-state index in [1.807, 2.05) is 0 Å². The number of benzene rings is 1. The van der Waals surface area contributed by atoms with Crippen molar-refractivity contribution in [2.45, 2.75) is 32.2 Å². The van der Waals surface area contributed by atoms with Gasteiger partial charge in [0.1, 0.15) is 0 Å². The summed E-state index contributed by atoms with van der Waals surface area (Å²) in [6.07, 6.45) is -4.85. The van der Waals surface area contributed by atoms with Gasteiger partial charge in [0, 0.05) is 12.6 Å². The van der Waals surface area contributed by atoms with Crippen LogP contribution >= 0.6 is 0 Å². The van der Waals surface area contributed by atoms with Crippen LogP contribution in [0.2, 0.25) is 0 Å². The highest BCUT2D eigenvalue weighted by atomic mass is 19.4. The second kappa shape index (κ2) is 5.51. The van der Waals surface area contributed by atoms with E-state index >= 15 is 0 Å². The van der Waals surface area contributed by atoms with Crippen LogP contribution in [-0.4, -0.2) is 12.6 Å². The number of alkyl halides is 3. The molecule has 2 unspecified atom stereocenters. The van der Waals surface area contributed by atoms with Crippen LogP contribution in [-0.2, 0) is 10.9 Å². The van der Waals surface area contributed by atoms with Gasteiger partial charge in [0.05, 0.1) is 11.7 Å². The second-order valence-corrected chi connectivity index (χ2v) is 3.86. The standard InChI is InChI=1S/C12H16F3NO/c1-3-17-11(8(2)16)9-5-4-6-10(7-9)12(13,14)15/h4-8,11H,3,16H2,1-2H3. The number of ether oxygens (including phenoxy) is 1. The molecular formula is C12H16F3NO. The van der Waals surface area contributed by atoms with Gasteiger partial charge in [0.2, 0.25) is 0 Å². The van der Waals surface area contributed by atoms with Crippen molar-refractivity contribution in [3.63, 3.8) is 0 Å². The fourth-order valence-electron chi connectivity index (χ4n) is 1.62.